The molecule has 0 aliphatic carbocycles. The molecule has 1 aliphatic heterocycles. The van der Waals surface area contributed by atoms with E-state index < -0.39 is 21.8 Å². The minimum Gasteiger partial charge on any atom is -0.497 e. The number of hydrogen-bond donors (Lipinski definition) is 0. The summed E-state index contributed by atoms with van der Waals surface area (Å²) in [7, 11) is -0.207. The van der Waals surface area contributed by atoms with Gasteiger partial charge in [-0.15, -0.1) is 0 Å². The predicted octanol–water partition coefficient (Wildman–Crippen LogP) is 4.89. The van der Waals surface area contributed by atoms with Crippen LogP contribution in [0.15, 0.2) is 59.5 Å². The molecule has 1 amide bonds. The third-order valence-corrected chi connectivity index (χ3v) is 7.77. The van der Waals surface area contributed by atoms with Crippen LogP contribution in [0.5, 0.6) is 17.2 Å². The molecule has 0 saturated carbocycles. The first-order valence-corrected chi connectivity index (χ1v) is 11.9. The number of benzene rings is 3. The predicted molar refractivity (Wildman–Crippen MR) is 126 cm³/mol. The number of carbonyl (C=O) groups excluding carboxylic acids is 1. The highest BCUT2D eigenvalue weighted by Crippen LogP contribution is 2.49. The number of nitrogens with zero attached hydrogens (tertiary/aromatic N) is 1. The number of ether oxygens (including phenoxy) is 3. The molecule has 3 aromatic rings. The molecule has 33 heavy (non-hydrogen) atoms. The quantitative estimate of drug-likeness (QED) is 0.472. The van der Waals surface area contributed by atoms with Crippen LogP contribution in [0.2, 0.25) is 10.0 Å². The van der Waals surface area contributed by atoms with Crippen LogP contribution < -0.4 is 18.5 Å². The van der Waals surface area contributed by atoms with E-state index in [1.54, 1.807) is 24.3 Å². The number of sulfonamides is 1. The van der Waals surface area contributed by atoms with E-state index in [1.165, 1.54) is 51.7 Å². The molecule has 1 heterocycles. The summed E-state index contributed by atoms with van der Waals surface area (Å²) in [6, 6.07) is 14.0. The monoisotopic (exact) mass is 507 g/mol. The summed E-state index contributed by atoms with van der Waals surface area (Å²) in [5, 5.41) is 0.567. The Morgan fingerprint density at radius 3 is 2.15 bits per heavy atom. The van der Waals surface area contributed by atoms with Crippen LogP contribution >= 0.6 is 23.2 Å². The van der Waals surface area contributed by atoms with E-state index in [9.17, 15) is 13.2 Å². The number of methoxy groups -OCH3 is 3. The number of fused-ring (bicyclic) bond motifs is 1. The first kappa shape index (κ1) is 23.2. The van der Waals surface area contributed by atoms with Crippen LogP contribution in [0.3, 0.4) is 0 Å². The molecule has 172 valence electrons. The maximum atomic E-state index is 13.8. The Balaban J connectivity index is 1.97. The van der Waals surface area contributed by atoms with Crippen LogP contribution in [0.25, 0.3) is 0 Å². The third-order valence-electron chi connectivity index (χ3n) is 5.38. The average Bonchev–Trinajstić information content (AvgIpc) is 3.09. The number of anilines is 1. The van der Waals surface area contributed by atoms with E-state index >= 15 is 0 Å². The van der Waals surface area contributed by atoms with Gasteiger partial charge >= 0.3 is 0 Å². The van der Waals surface area contributed by atoms with Gasteiger partial charge in [0.1, 0.15) is 22.1 Å². The molecule has 0 spiro atoms. The SMILES string of the molecule is COc1ccc(S(=O)(=O)N2C(=O)C(c3ccccc3Cl)c3cc(Cl)c(OC)cc32)c(OC)c1. The van der Waals surface area contributed by atoms with Gasteiger partial charge in [-0.3, -0.25) is 4.79 Å². The Morgan fingerprint density at radius 2 is 1.52 bits per heavy atom. The van der Waals surface area contributed by atoms with E-state index in [0.717, 1.165) is 4.31 Å². The fourth-order valence-corrected chi connectivity index (χ4v) is 5.92. The highest BCUT2D eigenvalue weighted by molar-refractivity contribution is 7.93. The Kier molecular flexibility index (Phi) is 6.18. The van der Waals surface area contributed by atoms with E-state index in [4.69, 9.17) is 37.4 Å². The summed E-state index contributed by atoms with van der Waals surface area (Å²) >= 11 is 12.7. The average molecular weight is 508 g/mol. The minimum atomic E-state index is -4.40. The lowest BCUT2D eigenvalue weighted by Gasteiger charge is -2.20. The molecule has 7 nitrogen and oxygen atoms in total. The molecule has 4 rings (SSSR count). The van der Waals surface area contributed by atoms with Gasteiger partial charge in [0.05, 0.1) is 38.0 Å². The van der Waals surface area contributed by atoms with Gasteiger partial charge in [-0.1, -0.05) is 41.4 Å². The summed E-state index contributed by atoms with van der Waals surface area (Å²) in [6.07, 6.45) is 0. The lowest BCUT2D eigenvalue weighted by Crippen LogP contribution is -2.35. The second-order valence-electron chi connectivity index (χ2n) is 7.12. The van der Waals surface area contributed by atoms with Gasteiger partial charge in [-0.25, -0.2) is 12.7 Å². The van der Waals surface area contributed by atoms with Gasteiger partial charge in [0.15, 0.2) is 0 Å². The van der Waals surface area contributed by atoms with Crippen molar-refractivity contribution in [2.24, 2.45) is 0 Å². The van der Waals surface area contributed by atoms with E-state index in [0.29, 0.717) is 21.9 Å². The summed E-state index contributed by atoms with van der Waals surface area (Å²) in [4.78, 5) is 13.5. The zero-order valence-electron chi connectivity index (χ0n) is 17.8. The van der Waals surface area contributed by atoms with Crippen molar-refractivity contribution in [3.8, 4) is 17.2 Å². The van der Waals surface area contributed by atoms with Crippen LogP contribution in [0, 0.1) is 0 Å². The highest BCUT2D eigenvalue weighted by atomic mass is 35.5. The van der Waals surface area contributed by atoms with Gasteiger partial charge in [-0.2, -0.15) is 0 Å². The molecule has 1 atom stereocenters. The van der Waals surface area contributed by atoms with Crippen LogP contribution in [0.1, 0.15) is 17.0 Å². The molecule has 3 aromatic carbocycles. The van der Waals surface area contributed by atoms with Crippen molar-refractivity contribution in [1.29, 1.82) is 0 Å². The molecule has 1 unspecified atom stereocenters. The number of halogens is 2. The smallest absolute Gasteiger partial charge is 0.274 e. The topological polar surface area (TPSA) is 82.1 Å². The number of hydrogen-bond acceptors (Lipinski definition) is 6. The maximum absolute atomic E-state index is 13.8. The molecular weight excluding hydrogens is 489 g/mol. The van der Waals surface area contributed by atoms with E-state index in [-0.39, 0.29) is 27.1 Å². The zero-order chi connectivity index (χ0) is 23.9. The molecular formula is C23H19Cl2NO6S. The van der Waals surface area contributed by atoms with Crippen molar-refractivity contribution in [3.63, 3.8) is 0 Å². The number of amides is 1. The Morgan fingerprint density at radius 1 is 0.818 bits per heavy atom. The van der Waals surface area contributed by atoms with Crippen molar-refractivity contribution < 1.29 is 27.4 Å². The number of carbonyl (C=O) groups is 1. The largest absolute Gasteiger partial charge is 0.497 e. The molecule has 0 N–H and O–H groups in total. The van der Waals surface area contributed by atoms with Crippen molar-refractivity contribution >= 4 is 44.8 Å². The van der Waals surface area contributed by atoms with Gasteiger partial charge in [0.2, 0.25) is 0 Å². The molecule has 0 bridgehead atoms. The first-order chi connectivity index (χ1) is 15.7. The van der Waals surface area contributed by atoms with Gasteiger partial charge in [0, 0.05) is 17.2 Å². The maximum Gasteiger partial charge on any atom is 0.274 e. The van der Waals surface area contributed by atoms with Gasteiger partial charge in [-0.05, 0) is 35.4 Å². The van der Waals surface area contributed by atoms with Crippen LogP contribution in [0.4, 0.5) is 5.69 Å². The molecule has 10 heteroatoms. The lowest BCUT2D eigenvalue weighted by molar-refractivity contribution is -0.117. The summed E-state index contributed by atoms with van der Waals surface area (Å²) in [5.41, 5.74) is 0.991. The van der Waals surface area contributed by atoms with Crippen molar-refractivity contribution in [2.45, 2.75) is 10.8 Å². The molecule has 0 aromatic heterocycles. The fourth-order valence-electron chi connectivity index (χ4n) is 3.83. The minimum absolute atomic E-state index is 0.0332. The van der Waals surface area contributed by atoms with Gasteiger partial charge in [0.25, 0.3) is 15.9 Å². The lowest BCUT2D eigenvalue weighted by atomic mass is 9.92. The standard InChI is InChI=1S/C23H19Cl2NO6S/c1-30-13-8-9-21(20(10-13)32-3)33(28,29)26-18-12-19(31-2)17(25)11-15(18)22(23(26)27)14-6-4-5-7-16(14)24/h4-12,22H,1-3H3. The Bertz CT molecular complexity index is 1360. The normalized spacial score (nSPS) is 15.4. The molecule has 0 saturated heterocycles. The zero-order valence-corrected chi connectivity index (χ0v) is 20.2. The molecule has 1 aliphatic rings. The van der Waals surface area contributed by atoms with E-state index in [1.807, 2.05) is 0 Å². The third kappa shape index (κ3) is 3.78. The van der Waals surface area contributed by atoms with Crippen LogP contribution in [-0.4, -0.2) is 35.7 Å². The van der Waals surface area contributed by atoms with Gasteiger partial charge < -0.3 is 14.2 Å². The summed E-state index contributed by atoms with van der Waals surface area (Å²) in [6.45, 7) is 0. The second-order valence-corrected chi connectivity index (χ2v) is 9.69. The fraction of sp³-hybridized carbons (Fsp3) is 0.174. The molecule has 0 radical (unpaired) electrons. The summed E-state index contributed by atoms with van der Waals surface area (Å²) in [5.74, 6) is -1.01. The summed E-state index contributed by atoms with van der Waals surface area (Å²) < 4.78 is 44.1. The number of rotatable bonds is 6. The second kappa shape index (κ2) is 8.78. The Labute approximate surface area is 201 Å². The van der Waals surface area contributed by atoms with Crippen LogP contribution in [-0.2, 0) is 14.8 Å². The Hall–Kier alpha value is -2.94. The van der Waals surface area contributed by atoms with Crippen molar-refractivity contribution in [3.05, 3.63) is 75.8 Å². The van der Waals surface area contributed by atoms with E-state index in [2.05, 4.69) is 0 Å². The van der Waals surface area contributed by atoms with Crippen molar-refractivity contribution in [1.82, 2.24) is 0 Å². The highest BCUT2D eigenvalue weighted by Gasteiger charge is 2.47. The molecule has 0 fully saturated rings. The van der Waals surface area contributed by atoms with Crippen molar-refractivity contribution in [2.75, 3.05) is 25.6 Å². The first-order valence-electron chi connectivity index (χ1n) is 9.67.